The molecule has 0 aliphatic carbocycles. The highest BCUT2D eigenvalue weighted by atomic mass is 35.5. The van der Waals surface area contributed by atoms with Crippen molar-refractivity contribution >= 4 is 34.9 Å². The van der Waals surface area contributed by atoms with Gasteiger partial charge in [0, 0.05) is 16.5 Å². The Kier molecular flexibility index (Phi) is 5.44. The zero-order valence-electron chi connectivity index (χ0n) is 10.0. The molecule has 1 aromatic heterocycles. The molecule has 0 aliphatic rings. The standard InChI is InChI=1S/C12H14ClN3S2/c1-2-5-14-7-9-3-4-10(6-11(9)13)17-12-15-8-16-18-12/h3-4,6,8,14H,2,5,7H2,1H3. The zero-order valence-corrected chi connectivity index (χ0v) is 12.4. The van der Waals surface area contributed by atoms with Crippen molar-refractivity contribution in [2.45, 2.75) is 29.1 Å². The lowest BCUT2D eigenvalue weighted by Crippen LogP contribution is -2.13. The van der Waals surface area contributed by atoms with Gasteiger partial charge >= 0.3 is 0 Å². The molecule has 3 nitrogen and oxygen atoms in total. The number of nitrogens with one attached hydrogen (secondary N) is 1. The van der Waals surface area contributed by atoms with Gasteiger partial charge in [-0.3, -0.25) is 0 Å². The first-order valence-corrected chi connectivity index (χ1v) is 7.70. The van der Waals surface area contributed by atoms with Gasteiger partial charge in [-0.25, -0.2) is 4.98 Å². The van der Waals surface area contributed by atoms with Crippen molar-refractivity contribution in [1.29, 1.82) is 0 Å². The fourth-order valence-electron chi connectivity index (χ4n) is 1.44. The Hall–Kier alpha value is -0.620. The van der Waals surface area contributed by atoms with Crippen LogP contribution in [0.1, 0.15) is 18.9 Å². The van der Waals surface area contributed by atoms with Crippen LogP contribution in [0, 0.1) is 0 Å². The molecule has 0 saturated heterocycles. The summed E-state index contributed by atoms with van der Waals surface area (Å²) >= 11 is 9.24. The van der Waals surface area contributed by atoms with Gasteiger partial charge in [-0.2, -0.15) is 4.37 Å². The number of aromatic nitrogens is 2. The molecular weight excluding hydrogens is 286 g/mol. The molecule has 0 fully saturated rings. The topological polar surface area (TPSA) is 37.8 Å². The van der Waals surface area contributed by atoms with Gasteiger partial charge in [0.05, 0.1) is 0 Å². The second kappa shape index (κ2) is 7.09. The van der Waals surface area contributed by atoms with Gasteiger partial charge < -0.3 is 5.32 Å². The van der Waals surface area contributed by atoms with Crippen molar-refractivity contribution in [3.05, 3.63) is 35.1 Å². The van der Waals surface area contributed by atoms with Crippen molar-refractivity contribution in [1.82, 2.24) is 14.7 Å². The maximum absolute atomic E-state index is 6.26. The second-order valence-electron chi connectivity index (χ2n) is 3.74. The van der Waals surface area contributed by atoms with E-state index in [2.05, 4.69) is 33.7 Å². The van der Waals surface area contributed by atoms with Gasteiger partial charge in [0.15, 0.2) is 4.34 Å². The number of hydrogen-bond acceptors (Lipinski definition) is 5. The molecular formula is C12H14ClN3S2. The zero-order chi connectivity index (χ0) is 12.8. The Labute approximate surface area is 120 Å². The Morgan fingerprint density at radius 1 is 1.44 bits per heavy atom. The summed E-state index contributed by atoms with van der Waals surface area (Å²) in [6.07, 6.45) is 2.69. The second-order valence-corrected chi connectivity index (χ2v) is 6.25. The summed E-state index contributed by atoms with van der Waals surface area (Å²) in [5, 5.41) is 4.14. The number of rotatable bonds is 6. The number of benzene rings is 1. The first kappa shape index (κ1) is 13.8. The van der Waals surface area contributed by atoms with E-state index in [9.17, 15) is 0 Å². The minimum Gasteiger partial charge on any atom is -0.313 e. The van der Waals surface area contributed by atoms with E-state index in [-0.39, 0.29) is 0 Å². The first-order chi connectivity index (χ1) is 8.79. The van der Waals surface area contributed by atoms with Crippen LogP contribution in [0.3, 0.4) is 0 Å². The normalized spacial score (nSPS) is 10.8. The molecule has 0 atom stereocenters. The molecule has 18 heavy (non-hydrogen) atoms. The van der Waals surface area contributed by atoms with Crippen molar-refractivity contribution in [2.24, 2.45) is 0 Å². The fourth-order valence-corrected chi connectivity index (χ4v) is 3.22. The van der Waals surface area contributed by atoms with Crippen LogP contribution in [0.2, 0.25) is 5.02 Å². The molecule has 0 aliphatic heterocycles. The van der Waals surface area contributed by atoms with Crippen LogP contribution in [0.15, 0.2) is 33.8 Å². The maximum Gasteiger partial charge on any atom is 0.174 e. The van der Waals surface area contributed by atoms with Crippen molar-refractivity contribution in [3.63, 3.8) is 0 Å². The average molecular weight is 300 g/mol. The summed E-state index contributed by atoms with van der Waals surface area (Å²) in [6.45, 7) is 3.98. The SMILES string of the molecule is CCCNCc1ccc(Sc2ncns2)cc1Cl. The lowest BCUT2D eigenvalue weighted by Gasteiger charge is -2.07. The van der Waals surface area contributed by atoms with Crippen molar-refractivity contribution in [3.8, 4) is 0 Å². The molecule has 1 heterocycles. The van der Waals surface area contributed by atoms with E-state index in [1.54, 1.807) is 18.1 Å². The summed E-state index contributed by atoms with van der Waals surface area (Å²) < 4.78 is 4.91. The molecule has 0 saturated carbocycles. The monoisotopic (exact) mass is 299 g/mol. The molecule has 2 rings (SSSR count). The minimum atomic E-state index is 0.799. The van der Waals surface area contributed by atoms with E-state index in [1.807, 2.05) is 6.07 Å². The van der Waals surface area contributed by atoms with Crippen LogP contribution < -0.4 is 5.32 Å². The van der Waals surface area contributed by atoms with Gasteiger partial charge in [0.1, 0.15) is 6.33 Å². The van der Waals surface area contributed by atoms with Crippen LogP contribution in [0.5, 0.6) is 0 Å². The fraction of sp³-hybridized carbons (Fsp3) is 0.333. The third kappa shape index (κ3) is 3.95. The summed E-state index contributed by atoms with van der Waals surface area (Å²) in [5.74, 6) is 0. The Balaban J connectivity index is 2.00. The lowest BCUT2D eigenvalue weighted by atomic mass is 10.2. The molecule has 6 heteroatoms. The summed E-state index contributed by atoms with van der Waals surface area (Å²) in [6, 6.07) is 6.12. The Morgan fingerprint density at radius 3 is 3.00 bits per heavy atom. The predicted octanol–water partition coefficient (Wildman–Crippen LogP) is 3.84. The molecule has 1 aromatic carbocycles. The lowest BCUT2D eigenvalue weighted by molar-refractivity contribution is 0.675. The predicted molar refractivity (Wildman–Crippen MR) is 77.5 cm³/mol. The molecule has 0 radical (unpaired) electrons. The van der Waals surface area contributed by atoms with Gasteiger partial charge in [0.25, 0.3) is 0 Å². The van der Waals surface area contributed by atoms with Gasteiger partial charge in [-0.05, 0) is 42.2 Å². The Bertz CT molecular complexity index is 488. The number of halogens is 1. The van der Waals surface area contributed by atoms with Gasteiger partial charge in [-0.1, -0.05) is 36.4 Å². The van der Waals surface area contributed by atoms with Crippen LogP contribution in [-0.2, 0) is 6.54 Å². The molecule has 96 valence electrons. The van der Waals surface area contributed by atoms with Crippen molar-refractivity contribution in [2.75, 3.05) is 6.54 Å². The minimum absolute atomic E-state index is 0.799. The maximum atomic E-state index is 6.26. The van der Waals surface area contributed by atoms with Crippen LogP contribution in [-0.4, -0.2) is 15.9 Å². The molecule has 0 bridgehead atoms. The smallest absolute Gasteiger partial charge is 0.174 e. The molecule has 1 N–H and O–H groups in total. The third-order valence-electron chi connectivity index (χ3n) is 2.31. The van der Waals surface area contributed by atoms with Gasteiger partial charge in [-0.15, -0.1) is 0 Å². The van der Waals surface area contributed by atoms with Crippen LogP contribution in [0.4, 0.5) is 0 Å². The highest BCUT2D eigenvalue weighted by molar-refractivity contribution is 8.01. The van der Waals surface area contributed by atoms with Crippen molar-refractivity contribution < 1.29 is 0 Å². The molecule has 0 spiro atoms. The van der Waals surface area contributed by atoms with Crippen LogP contribution >= 0.6 is 34.9 Å². The molecule has 2 aromatic rings. The largest absolute Gasteiger partial charge is 0.313 e. The quantitative estimate of drug-likeness (QED) is 0.822. The average Bonchev–Trinajstić information content (AvgIpc) is 2.85. The third-order valence-corrected chi connectivity index (χ3v) is 4.37. The van der Waals surface area contributed by atoms with E-state index < -0.39 is 0 Å². The van der Waals surface area contributed by atoms with E-state index in [4.69, 9.17) is 11.6 Å². The Morgan fingerprint density at radius 2 is 2.33 bits per heavy atom. The highest BCUT2D eigenvalue weighted by Crippen LogP contribution is 2.31. The first-order valence-electron chi connectivity index (χ1n) is 5.73. The summed E-state index contributed by atoms with van der Waals surface area (Å²) in [5.41, 5.74) is 1.13. The van der Waals surface area contributed by atoms with Gasteiger partial charge in [0.2, 0.25) is 0 Å². The molecule has 0 unspecified atom stereocenters. The number of hydrogen-bond donors (Lipinski definition) is 1. The number of nitrogens with zero attached hydrogens (tertiary/aromatic N) is 2. The molecule has 0 amide bonds. The van der Waals surface area contributed by atoms with Crippen LogP contribution in [0.25, 0.3) is 0 Å². The highest BCUT2D eigenvalue weighted by Gasteiger charge is 2.05. The summed E-state index contributed by atoms with van der Waals surface area (Å²) in [4.78, 5) is 5.23. The van der Waals surface area contributed by atoms with E-state index in [0.29, 0.717) is 0 Å². The van der Waals surface area contributed by atoms with E-state index in [0.717, 1.165) is 39.3 Å². The van der Waals surface area contributed by atoms with E-state index in [1.165, 1.54) is 11.5 Å². The van der Waals surface area contributed by atoms with E-state index >= 15 is 0 Å². The summed E-state index contributed by atoms with van der Waals surface area (Å²) in [7, 11) is 0.